The van der Waals surface area contributed by atoms with Crippen LogP contribution in [0.4, 0.5) is 4.79 Å². The number of rotatable bonds is 6. The molecule has 2 rings (SSSR count). The summed E-state index contributed by atoms with van der Waals surface area (Å²) in [6.45, 7) is 1.88. The smallest absolute Gasteiger partial charge is 0.315 e. The van der Waals surface area contributed by atoms with Gasteiger partial charge in [0.05, 0.1) is 6.26 Å². The Bertz CT molecular complexity index is 438. The first-order valence-electron chi connectivity index (χ1n) is 7.41. The van der Waals surface area contributed by atoms with E-state index in [1.165, 1.54) is 19.1 Å². The van der Waals surface area contributed by atoms with Crippen LogP contribution in [0.3, 0.4) is 0 Å². The van der Waals surface area contributed by atoms with Crippen molar-refractivity contribution in [1.29, 1.82) is 0 Å². The number of furan rings is 1. The molecule has 1 saturated carbocycles. The van der Waals surface area contributed by atoms with Crippen LogP contribution in [-0.2, 0) is 0 Å². The lowest BCUT2D eigenvalue weighted by atomic mass is 10.1. The van der Waals surface area contributed by atoms with Crippen molar-refractivity contribution in [3.63, 3.8) is 0 Å². The van der Waals surface area contributed by atoms with Crippen LogP contribution in [0, 0.1) is 0 Å². The number of aliphatic hydroxyl groups excluding tert-OH is 1. The van der Waals surface area contributed by atoms with E-state index in [2.05, 4.69) is 16.9 Å². The summed E-state index contributed by atoms with van der Waals surface area (Å²) in [5.74, 6) is 0.530. The zero-order valence-electron chi connectivity index (χ0n) is 12.5. The van der Waals surface area contributed by atoms with Gasteiger partial charge in [0.25, 0.3) is 0 Å². The Balaban J connectivity index is 1.74. The predicted molar refractivity (Wildman–Crippen MR) is 84.4 cm³/mol. The fourth-order valence-electron chi connectivity index (χ4n) is 2.80. The maximum Gasteiger partial charge on any atom is 0.315 e. The number of urea groups is 1. The molecule has 6 heteroatoms. The molecule has 3 N–H and O–H groups in total. The van der Waals surface area contributed by atoms with Crippen molar-refractivity contribution in [1.82, 2.24) is 10.6 Å². The summed E-state index contributed by atoms with van der Waals surface area (Å²) >= 11 is 1.82. The minimum atomic E-state index is -0.694. The van der Waals surface area contributed by atoms with E-state index < -0.39 is 6.10 Å². The monoisotopic (exact) mass is 312 g/mol. The molecular formula is C15H24N2O3S. The molecule has 1 aromatic heterocycles. The molecule has 5 nitrogen and oxygen atoms in total. The van der Waals surface area contributed by atoms with Gasteiger partial charge < -0.3 is 20.2 Å². The second-order valence-corrected chi connectivity index (χ2v) is 6.67. The maximum absolute atomic E-state index is 12.0. The van der Waals surface area contributed by atoms with Crippen LogP contribution in [0.15, 0.2) is 22.8 Å². The van der Waals surface area contributed by atoms with E-state index in [9.17, 15) is 9.90 Å². The Morgan fingerprint density at radius 2 is 2.38 bits per heavy atom. The summed E-state index contributed by atoms with van der Waals surface area (Å²) in [4.78, 5) is 12.0. The Morgan fingerprint density at radius 1 is 1.57 bits per heavy atom. The van der Waals surface area contributed by atoms with Gasteiger partial charge in [-0.05, 0) is 38.2 Å². The second kappa shape index (κ2) is 7.75. The molecule has 1 aliphatic rings. The van der Waals surface area contributed by atoms with Crippen molar-refractivity contribution in [3.05, 3.63) is 24.2 Å². The van der Waals surface area contributed by atoms with Gasteiger partial charge in [-0.1, -0.05) is 6.42 Å². The minimum Gasteiger partial charge on any atom is -0.467 e. The highest BCUT2D eigenvalue weighted by Crippen LogP contribution is 2.28. The minimum absolute atomic E-state index is 0.126. The molecule has 0 bridgehead atoms. The fourth-order valence-corrected chi connectivity index (χ4v) is 3.73. The van der Waals surface area contributed by atoms with E-state index in [-0.39, 0.29) is 18.1 Å². The van der Waals surface area contributed by atoms with Crippen LogP contribution in [0.1, 0.15) is 44.5 Å². The summed E-state index contributed by atoms with van der Waals surface area (Å²) in [7, 11) is 0. The average Bonchev–Trinajstić information content (AvgIpc) is 3.08. The van der Waals surface area contributed by atoms with E-state index in [0.29, 0.717) is 17.4 Å². The third-order valence-electron chi connectivity index (χ3n) is 3.90. The standard InChI is InChI=1S/C15H24N2O3S/c1-10(9-12(18)13-6-4-8-20-13)16-15(19)17-11-5-3-7-14(11)21-2/h4,6,8,10-12,14,18H,3,5,7,9H2,1-2H3,(H2,16,17,19)/t10-,11-,12-,14+/m0/s1. The predicted octanol–water partition coefficient (Wildman–Crippen LogP) is 2.67. The number of amides is 2. The molecule has 0 spiro atoms. The number of nitrogens with one attached hydrogen (secondary N) is 2. The fraction of sp³-hybridized carbons (Fsp3) is 0.667. The van der Waals surface area contributed by atoms with Gasteiger partial charge in [-0.3, -0.25) is 0 Å². The molecule has 1 fully saturated rings. The van der Waals surface area contributed by atoms with Gasteiger partial charge in [-0.15, -0.1) is 0 Å². The Kier molecular flexibility index (Phi) is 5.99. The number of thioether (sulfide) groups is 1. The lowest BCUT2D eigenvalue weighted by Crippen LogP contribution is -2.47. The highest BCUT2D eigenvalue weighted by atomic mass is 32.2. The van der Waals surface area contributed by atoms with Gasteiger partial charge in [-0.2, -0.15) is 11.8 Å². The largest absolute Gasteiger partial charge is 0.467 e. The lowest BCUT2D eigenvalue weighted by molar-refractivity contribution is 0.129. The van der Waals surface area contributed by atoms with Crippen molar-refractivity contribution >= 4 is 17.8 Å². The van der Waals surface area contributed by atoms with Crippen molar-refractivity contribution in [3.8, 4) is 0 Å². The van der Waals surface area contributed by atoms with Crippen LogP contribution >= 0.6 is 11.8 Å². The molecule has 2 amide bonds. The van der Waals surface area contributed by atoms with Gasteiger partial charge in [0, 0.05) is 23.8 Å². The number of carbonyl (C=O) groups is 1. The summed E-state index contributed by atoms with van der Waals surface area (Å²) in [5.41, 5.74) is 0. The molecule has 1 aliphatic carbocycles. The zero-order valence-corrected chi connectivity index (χ0v) is 13.4. The third kappa shape index (κ3) is 4.68. The number of aliphatic hydroxyl groups is 1. The van der Waals surface area contributed by atoms with Gasteiger partial charge in [0.15, 0.2) is 0 Å². The van der Waals surface area contributed by atoms with Crippen molar-refractivity contribution in [2.45, 2.75) is 56.0 Å². The summed E-state index contributed by atoms with van der Waals surface area (Å²) in [5, 5.41) is 16.4. The van der Waals surface area contributed by atoms with Gasteiger partial charge >= 0.3 is 6.03 Å². The van der Waals surface area contributed by atoms with Crippen molar-refractivity contribution in [2.24, 2.45) is 0 Å². The van der Waals surface area contributed by atoms with Crippen LogP contribution in [0.5, 0.6) is 0 Å². The molecule has 21 heavy (non-hydrogen) atoms. The topological polar surface area (TPSA) is 74.5 Å². The number of hydrogen-bond acceptors (Lipinski definition) is 4. The summed E-state index contributed by atoms with van der Waals surface area (Å²) in [6, 6.07) is 3.45. The highest BCUT2D eigenvalue weighted by Gasteiger charge is 2.28. The Hall–Kier alpha value is -1.14. The van der Waals surface area contributed by atoms with Gasteiger partial charge in [0.1, 0.15) is 11.9 Å². The zero-order chi connectivity index (χ0) is 15.2. The Morgan fingerprint density at radius 3 is 3.05 bits per heavy atom. The highest BCUT2D eigenvalue weighted by molar-refractivity contribution is 7.99. The molecule has 0 saturated heterocycles. The molecule has 0 radical (unpaired) electrons. The lowest BCUT2D eigenvalue weighted by Gasteiger charge is -2.22. The molecule has 0 aliphatic heterocycles. The van der Waals surface area contributed by atoms with Crippen molar-refractivity contribution in [2.75, 3.05) is 6.26 Å². The van der Waals surface area contributed by atoms with E-state index in [4.69, 9.17) is 4.42 Å². The number of hydrogen-bond donors (Lipinski definition) is 3. The van der Waals surface area contributed by atoms with Crippen LogP contribution < -0.4 is 10.6 Å². The third-order valence-corrected chi connectivity index (χ3v) is 5.07. The van der Waals surface area contributed by atoms with E-state index in [0.717, 1.165) is 6.42 Å². The molecule has 4 atom stereocenters. The van der Waals surface area contributed by atoms with E-state index in [1.807, 2.05) is 18.7 Å². The molecule has 1 heterocycles. The first-order chi connectivity index (χ1) is 10.1. The SMILES string of the molecule is CS[C@@H]1CCC[C@@H]1NC(=O)N[C@@H](C)C[C@H](O)c1ccco1. The molecule has 0 unspecified atom stereocenters. The normalized spacial score (nSPS) is 24.5. The van der Waals surface area contributed by atoms with Gasteiger partial charge in [-0.25, -0.2) is 4.79 Å². The molecule has 118 valence electrons. The summed E-state index contributed by atoms with van der Waals surface area (Å²) < 4.78 is 5.16. The summed E-state index contributed by atoms with van der Waals surface area (Å²) in [6.07, 6.45) is 6.74. The Labute approximate surface area is 129 Å². The van der Waals surface area contributed by atoms with Crippen molar-refractivity contribution < 1.29 is 14.3 Å². The van der Waals surface area contributed by atoms with Crippen LogP contribution in [0.25, 0.3) is 0 Å². The average molecular weight is 312 g/mol. The van der Waals surface area contributed by atoms with Crippen LogP contribution in [-0.4, -0.2) is 34.7 Å². The second-order valence-electron chi connectivity index (χ2n) is 5.60. The van der Waals surface area contributed by atoms with Gasteiger partial charge in [0.2, 0.25) is 0 Å². The molecule has 1 aromatic rings. The van der Waals surface area contributed by atoms with Crippen LogP contribution in [0.2, 0.25) is 0 Å². The first-order valence-corrected chi connectivity index (χ1v) is 8.70. The molecule has 0 aromatic carbocycles. The quantitative estimate of drug-likeness (QED) is 0.755. The van der Waals surface area contributed by atoms with E-state index in [1.54, 1.807) is 12.1 Å². The number of carbonyl (C=O) groups excluding carboxylic acids is 1. The maximum atomic E-state index is 12.0. The van der Waals surface area contributed by atoms with E-state index >= 15 is 0 Å². The molecular weight excluding hydrogens is 288 g/mol. The first kappa shape index (κ1) is 16.2.